The number of benzene rings is 2. The highest BCUT2D eigenvalue weighted by molar-refractivity contribution is 7.89. The minimum atomic E-state index is -3.47. The molecule has 2 amide bonds. The van der Waals surface area contributed by atoms with Crippen LogP contribution in [0.2, 0.25) is 4.34 Å². The van der Waals surface area contributed by atoms with Crippen LogP contribution in [0.4, 0.5) is 11.4 Å². The molecule has 2 aromatic carbocycles. The molecule has 3 N–H and O–H groups in total. The lowest BCUT2D eigenvalue weighted by Gasteiger charge is -2.29. The van der Waals surface area contributed by atoms with E-state index in [1.807, 2.05) is 6.07 Å². The molecule has 36 heavy (non-hydrogen) atoms. The monoisotopic (exact) mass is 545 g/mol. The molecule has 0 spiro atoms. The van der Waals surface area contributed by atoms with Gasteiger partial charge in [0, 0.05) is 24.5 Å². The molecule has 0 radical (unpaired) electrons. The molecule has 0 fully saturated rings. The molecule has 0 bridgehead atoms. The minimum absolute atomic E-state index is 0.265. The van der Waals surface area contributed by atoms with Gasteiger partial charge in [-0.1, -0.05) is 41.9 Å². The summed E-state index contributed by atoms with van der Waals surface area (Å²) in [7, 11) is -3.47. The maximum Gasteiger partial charge on any atom is 0.262 e. The van der Waals surface area contributed by atoms with Gasteiger partial charge < -0.3 is 15.5 Å². The van der Waals surface area contributed by atoms with Crippen molar-refractivity contribution >= 4 is 62.1 Å². The van der Waals surface area contributed by atoms with E-state index >= 15 is 0 Å². The Morgan fingerprint density at radius 1 is 1.06 bits per heavy atom. The smallest absolute Gasteiger partial charge is 0.262 e. The number of nitrogens with one attached hydrogen (secondary N) is 3. The van der Waals surface area contributed by atoms with Crippen LogP contribution in [0.3, 0.4) is 0 Å². The number of hydrogen-bond donors (Lipinski definition) is 3. The summed E-state index contributed by atoms with van der Waals surface area (Å²) in [6.45, 7) is 1.13. The fraction of sp³-hybridized carbons (Fsp3) is 0.208. The van der Waals surface area contributed by atoms with Gasteiger partial charge in [0.1, 0.15) is 6.04 Å². The fourth-order valence-corrected chi connectivity index (χ4v) is 5.09. The summed E-state index contributed by atoms with van der Waals surface area (Å²) in [5.41, 5.74) is 1.87. The number of nitrogens with zero attached hydrogens (tertiary/aromatic N) is 2. The number of thiophene rings is 1. The van der Waals surface area contributed by atoms with Crippen LogP contribution in [-0.4, -0.2) is 45.5 Å². The zero-order valence-electron chi connectivity index (χ0n) is 19.3. The predicted molar refractivity (Wildman–Crippen MR) is 143 cm³/mol. The highest BCUT2D eigenvalue weighted by Gasteiger charge is 2.25. The Morgan fingerprint density at radius 2 is 1.78 bits per heavy atom. The Balaban J connectivity index is 1.50. The second-order valence-corrected chi connectivity index (χ2v) is 11.5. The van der Waals surface area contributed by atoms with E-state index in [0.717, 1.165) is 29.7 Å². The Bertz CT molecular complexity index is 1380. The van der Waals surface area contributed by atoms with E-state index in [1.165, 1.54) is 0 Å². The third kappa shape index (κ3) is 6.62. The van der Waals surface area contributed by atoms with E-state index < -0.39 is 27.9 Å². The zero-order valence-corrected chi connectivity index (χ0v) is 21.7. The number of hydrogen-bond acceptors (Lipinski definition) is 7. The summed E-state index contributed by atoms with van der Waals surface area (Å²) in [4.78, 5) is 32.4. The molecule has 12 heteroatoms. The van der Waals surface area contributed by atoms with Crippen LogP contribution >= 0.6 is 22.9 Å². The van der Waals surface area contributed by atoms with E-state index in [0.29, 0.717) is 33.6 Å². The number of aliphatic imine (C=N–C) groups is 1. The number of sulfonamides is 1. The molecule has 1 atom stereocenters. The summed E-state index contributed by atoms with van der Waals surface area (Å²) < 4.78 is 26.3. The summed E-state index contributed by atoms with van der Waals surface area (Å²) in [6.07, 6.45) is 1.86. The van der Waals surface area contributed by atoms with Crippen LogP contribution < -0.4 is 20.3 Å². The fourth-order valence-electron chi connectivity index (χ4n) is 3.63. The number of anilines is 2. The first-order chi connectivity index (χ1) is 17.2. The molecule has 0 aliphatic carbocycles. The largest absolute Gasteiger partial charge is 0.336 e. The third-order valence-electron chi connectivity index (χ3n) is 5.25. The van der Waals surface area contributed by atoms with E-state index in [1.54, 1.807) is 65.6 Å². The van der Waals surface area contributed by atoms with Crippen molar-refractivity contribution in [3.05, 3.63) is 81.5 Å². The lowest BCUT2D eigenvalue weighted by Crippen LogP contribution is -2.46. The van der Waals surface area contributed by atoms with Gasteiger partial charge in [-0.05, 0) is 48.4 Å². The molecular formula is C24H24ClN5O4S2. The lowest BCUT2D eigenvalue weighted by molar-refractivity contribution is -0.118. The van der Waals surface area contributed by atoms with Gasteiger partial charge in [-0.25, -0.2) is 8.42 Å². The van der Waals surface area contributed by atoms with Crippen molar-refractivity contribution in [1.82, 2.24) is 10.0 Å². The minimum Gasteiger partial charge on any atom is -0.336 e. The van der Waals surface area contributed by atoms with Gasteiger partial charge in [-0.15, -0.1) is 11.3 Å². The van der Waals surface area contributed by atoms with Crippen molar-refractivity contribution in [2.24, 2.45) is 4.99 Å². The first-order valence-electron chi connectivity index (χ1n) is 11.0. The summed E-state index contributed by atoms with van der Waals surface area (Å²) in [6, 6.07) is 18.2. The van der Waals surface area contributed by atoms with Gasteiger partial charge in [0.25, 0.3) is 11.8 Å². The average Bonchev–Trinajstić information content (AvgIpc) is 3.29. The quantitative estimate of drug-likeness (QED) is 0.419. The number of amides is 2. The molecule has 9 nitrogen and oxygen atoms in total. The van der Waals surface area contributed by atoms with Gasteiger partial charge >= 0.3 is 0 Å². The molecule has 0 saturated carbocycles. The maximum atomic E-state index is 13.2. The van der Waals surface area contributed by atoms with Crippen LogP contribution in [0.1, 0.15) is 27.7 Å². The van der Waals surface area contributed by atoms with Crippen LogP contribution in [0.25, 0.3) is 0 Å². The SMILES string of the molecule is CS(=O)(=O)NC1=NCCCN1c1ccc(NC(=O)C(NC(=O)c2ccc(Cl)s2)c2ccccc2)cc1. The predicted octanol–water partition coefficient (Wildman–Crippen LogP) is 3.63. The van der Waals surface area contributed by atoms with E-state index in [-0.39, 0.29) is 5.96 Å². The normalized spacial score (nSPS) is 14.5. The molecule has 188 valence electrons. The Morgan fingerprint density at radius 3 is 2.42 bits per heavy atom. The van der Waals surface area contributed by atoms with Crippen LogP contribution in [-0.2, 0) is 14.8 Å². The zero-order chi connectivity index (χ0) is 25.7. The average molecular weight is 546 g/mol. The second-order valence-electron chi connectivity index (χ2n) is 8.04. The highest BCUT2D eigenvalue weighted by atomic mass is 35.5. The third-order valence-corrected chi connectivity index (χ3v) is 7.03. The number of halogens is 1. The van der Waals surface area contributed by atoms with E-state index in [9.17, 15) is 18.0 Å². The van der Waals surface area contributed by atoms with Gasteiger partial charge in [-0.2, -0.15) is 0 Å². The van der Waals surface area contributed by atoms with E-state index in [2.05, 4.69) is 20.3 Å². The van der Waals surface area contributed by atoms with E-state index in [4.69, 9.17) is 11.6 Å². The molecular weight excluding hydrogens is 522 g/mol. The van der Waals surface area contributed by atoms with Gasteiger partial charge in [0.15, 0.2) is 0 Å². The molecule has 3 aromatic rings. The Labute approximate surface area is 218 Å². The Kier molecular flexibility index (Phi) is 7.92. The number of carbonyl (C=O) groups excluding carboxylic acids is 2. The van der Waals surface area contributed by atoms with Crippen molar-refractivity contribution in [3.63, 3.8) is 0 Å². The van der Waals surface area contributed by atoms with Crippen LogP contribution in [0.5, 0.6) is 0 Å². The summed E-state index contributed by atoms with van der Waals surface area (Å²) >= 11 is 7.08. The van der Waals surface area contributed by atoms with Gasteiger partial charge in [0.05, 0.1) is 15.5 Å². The molecule has 0 saturated heterocycles. The lowest BCUT2D eigenvalue weighted by atomic mass is 10.1. The first kappa shape index (κ1) is 25.7. The highest BCUT2D eigenvalue weighted by Crippen LogP contribution is 2.24. The number of rotatable bonds is 7. The van der Waals surface area contributed by atoms with Crippen molar-refractivity contribution in [2.45, 2.75) is 12.5 Å². The van der Waals surface area contributed by atoms with Gasteiger partial charge in [-0.3, -0.25) is 19.3 Å². The number of guanidine groups is 1. The van der Waals surface area contributed by atoms with Crippen molar-refractivity contribution in [2.75, 3.05) is 29.6 Å². The molecule has 4 rings (SSSR count). The van der Waals surface area contributed by atoms with Crippen LogP contribution in [0, 0.1) is 0 Å². The summed E-state index contributed by atoms with van der Waals surface area (Å²) in [5.74, 6) is -0.550. The number of carbonyl (C=O) groups is 2. The van der Waals surface area contributed by atoms with Crippen molar-refractivity contribution < 1.29 is 18.0 Å². The molecule has 1 aliphatic rings. The Hall–Kier alpha value is -3.41. The standard InChI is InChI=1S/C24H24ClN5O4S2/c1-36(33,34)29-24-26-14-5-15-30(24)18-10-8-17(9-11-18)27-23(32)21(16-6-3-2-4-7-16)28-22(31)19-12-13-20(25)35-19/h2-4,6-13,21H,5,14-15H2,1H3,(H,26,29)(H,27,32)(H,28,31). The molecule has 1 aromatic heterocycles. The van der Waals surface area contributed by atoms with Crippen molar-refractivity contribution in [1.29, 1.82) is 0 Å². The molecule has 1 aliphatic heterocycles. The molecule has 2 heterocycles. The second kappa shape index (κ2) is 11.1. The molecule has 1 unspecified atom stereocenters. The maximum absolute atomic E-state index is 13.2. The van der Waals surface area contributed by atoms with Crippen LogP contribution in [0.15, 0.2) is 71.7 Å². The first-order valence-corrected chi connectivity index (χ1v) is 14.1. The van der Waals surface area contributed by atoms with Crippen molar-refractivity contribution in [3.8, 4) is 0 Å². The topological polar surface area (TPSA) is 120 Å². The van der Waals surface area contributed by atoms with Gasteiger partial charge in [0.2, 0.25) is 16.0 Å². The summed E-state index contributed by atoms with van der Waals surface area (Å²) in [5, 5.41) is 5.63.